The third kappa shape index (κ3) is 4.82. The van der Waals surface area contributed by atoms with E-state index >= 15 is 0 Å². The Kier molecular flexibility index (Phi) is 6.49. The first-order valence-corrected chi connectivity index (χ1v) is 10.2. The SMILES string of the molecule is CN(C)C(=O)COCC[C@@H]1CCOC12CCN(Cc1ccsc1)CC2. The Morgan fingerprint density at radius 1 is 1.44 bits per heavy atom. The molecule has 0 bridgehead atoms. The normalized spacial score (nSPS) is 23.2. The number of nitrogens with zero attached hydrogens (tertiary/aromatic N) is 2. The molecule has 1 aromatic rings. The first-order chi connectivity index (χ1) is 12.1. The monoisotopic (exact) mass is 366 g/mol. The summed E-state index contributed by atoms with van der Waals surface area (Å²) in [6, 6.07) is 2.22. The molecule has 0 saturated carbocycles. The van der Waals surface area contributed by atoms with Crippen molar-refractivity contribution in [2.24, 2.45) is 5.92 Å². The van der Waals surface area contributed by atoms with Gasteiger partial charge in [-0.1, -0.05) is 0 Å². The van der Waals surface area contributed by atoms with Crippen molar-refractivity contribution in [2.45, 2.75) is 37.8 Å². The predicted molar refractivity (Wildman–Crippen MR) is 99.8 cm³/mol. The molecule has 3 heterocycles. The fourth-order valence-electron chi connectivity index (χ4n) is 3.99. The summed E-state index contributed by atoms with van der Waals surface area (Å²) in [5, 5.41) is 4.39. The summed E-state index contributed by atoms with van der Waals surface area (Å²) in [6.45, 7) is 4.96. The van der Waals surface area contributed by atoms with Crippen LogP contribution in [-0.2, 0) is 20.8 Å². The van der Waals surface area contributed by atoms with Crippen LogP contribution >= 0.6 is 11.3 Å². The number of carbonyl (C=O) groups is 1. The number of ether oxygens (including phenoxy) is 2. The molecule has 25 heavy (non-hydrogen) atoms. The van der Waals surface area contributed by atoms with Gasteiger partial charge in [-0.05, 0) is 54.0 Å². The van der Waals surface area contributed by atoms with Gasteiger partial charge in [-0.3, -0.25) is 9.69 Å². The van der Waals surface area contributed by atoms with Crippen molar-refractivity contribution in [1.29, 1.82) is 0 Å². The van der Waals surface area contributed by atoms with Crippen molar-refractivity contribution < 1.29 is 14.3 Å². The second kappa shape index (κ2) is 8.62. The third-order valence-corrected chi connectivity index (χ3v) is 6.36. The van der Waals surface area contributed by atoms with Gasteiger partial charge >= 0.3 is 0 Å². The molecular weight excluding hydrogens is 336 g/mol. The van der Waals surface area contributed by atoms with Crippen LogP contribution < -0.4 is 0 Å². The molecule has 2 aliphatic rings. The topological polar surface area (TPSA) is 42.0 Å². The van der Waals surface area contributed by atoms with Crippen molar-refractivity contribution in [3.8, 4) is 0 Å². The quantitative estimate of drug-likeness (QED) is 0.696. The lowest BCUT2D eigenvalue weighted by atomic mass is 9.78. The van der Waals surface area contributed by atoms with E-state index in [0.717, 1.165) is 51.9 Å². The summed E-state index contributed by atoms with van der Waals surface area (Å²) in [4.78, 5) is 15.7. The molecule has 2 aliphatic heterocycles. The van der Waals surface area contributed by atoms with E-state index in [9.17, 15) is 4.79 Å². The van der Waals surface area contributed by atoms with Crippen LogP contribution in [0.1, 0.15) is 31.2 Å². The van der Waals surface area contributed by atoms with Crippen molar-refractivity contribution in [3.63, 3.8) is 0 Å². The summed E-state index contributed by atoms with van der Waals surface area (Å²) in [5.41, 5.74) is 1.46. The number of carbonyl (C=O) groups excluding carboxylic acids is 1. The second-order valence-electron chi connectivity index (χ2n) is 7.44. The second-order valence-corrected chi connectivity index (χ2v) is 8.22. The minimum atomic E-state index is 0.0270. The van der Waals surface area contributed by atoms with Gasteiger partial charge < -0.3 is 14.4 Å². The molecule has 0 N–H and O–H groups in total. The molecule has 0 aromatic carbocycles. The highest BCUT2D eigenvalue weighted by Gasteiger charge is 2.45. The van der Waals surface area contributed by atoms with Gasteiger partial charge in [0.05, 0.1) is 5.60 Å². The van der Waals surface area contributed by atoms with Gasteiger partial charge in [0.15, 0.2) is 0 Å². The van der Waals surface area contributed by atoms with E-state index in [1.54, 1.807) is 30.3 Å². The van der Waals surface area contributed by atoms with Gasteiger partial charge in [0.25, 0.3) is 0 Å². The molecule has 2 saturated heterocycles. The Balaban J connectivity index is 1.43. The van der Waals surface area contributed by atoms with Gasteiger partial charge in [-0.15, -0.1) is 0 Å². The number of thiophene rings is 1. The van der Waals surface area contributed by atoms with Gasteiger partial charge in [-0.2, -0.15) is 11.3 Å². The predicted octanol–water partition coefficient (Wildman–Crippen LogP) is 2.61. The lowest BCUT2D eigenvalue weighted by Gasteiger charge is -2.42. The van der Waals surface area contributed by atoms with E-state index in [4.69, 9.17) is 9.47 Å². The highest BCUT2D eigenvalue weighted by Crippen LogP contribution is 2.42. The van der Waals surface area contributed by atoms with Crippen molar-refractivity contribution in [2.75, 3.05) is 47.0 Å². The van der Waals surface area contributed by atoms with E-state index in [-0.39, 0.29) is 18.1 Å². The van der Waals surface area contributed by atoms with Crippen LogP contribution in [0.2, 0.25) is 0 Å². The van der Waals surface area contributed by atoms with E-state index in [1.807, 2.05) is 0 Å². The zero-order chi connectivity index (χ0) is 17.7. The van der Waals surface area contributed by atoms with E-state index in [2.05, 4.69) is 21.7 Å². The first-order valence-electron chi connectivity index (χ1n) is 9.24. The molecule has 3 rings (SSSR count). The van der Waals surface area contributed by atoms with Gasteiger partial charge in [0, 0.05) is 46.9 Å². The average Bonchev–Trinajstić information content (AvgIpc) is 3.24. The van der Waals surface area contributed by atoms with E-state index < -0.39 is 0 Å². The summed E-state index contributed by atoms with van der Waals surface area (Å²) in [6.07, 6.45) is 4.33. The smallest absolute Gasteiger partial charge is 0.248 e. The Hall–Kier alpha value is -0.950. The molecular formula is C19H30N2O3S. The Morgan fingerprint density at radius 3 is 2.92 bits per heavy atom. The van der Waals surface area contributed by atoms with Crippen LogP contribution in [0, 0.1) is 5.92 Å². The maximum atomic E-state index is 11.6. The maximum absolute atomic E-state index is 11.6. The number of amides is 1. The van der Waals surface area contributed by atoms with Crippen molar-refractivity contribution >= 4 is 17.2 Å². The number of likely N-dealkylation sites (N-methyl/N-ethyl adjacent to an activating group) is 1. The number of likely N-dealkylation sites (tertiary alicyclic amines) is 1. The lowest BCUT2D eigenvalue weighted by Crippen LogP contribution is -2.47. The molecule has 1 aromatic heterocycles. The fourth-order valence-corrected chi connectivity index (χ4v) is 4.65. The maximum Gasteiger partial charge on any atom is 0.248 e. The van der Waals surface area contributed by atoms with Crippen LogP contribution in [0.3, 0.4) is 0 Å². The van der Waals surface area contributed by atoms with Gasteiger partial charge in [0.1, 0.15) is 6.61 Å². The van der Waals surface area contributed by atoms with Crippen LogP contribution in [0.4, 0.5) is 0 Å². The van der Waals surface area contributed by atoms with Crippen molar-refractivity contribution in [1.82, 2.24) is 9.80 Å². The molecule has 0 radical (unpaired) electrons. The number of hydrogen-bond donors (Lipinski definition) is 0. The molecule has 1 amide bonds. The highest BCUT2D eigenvalue weighted by molar-refractivity contribution is 7.07. The fraction of sp³-hybridized carbons (Fsp3) is 0.737. The average molecular weight is 367 g/mol. The largest absolute Gasteiger partial charge is 0.375 e. The van der Waals surface area contributed by atoms with Crippen LogP contribution in [0.5, 0.6) is 0 Å². The molecule has 140 valence electrons. The minimum absolute atomic E-state index is 0.0270. The first kappa shape index (κ1) is 18.8. The summed E-state index contributed by atoms with van der Waals surface area (Å²) >= 11 is 1.77. The summed E-state index contributed by atoms with van der Waals surface area (Å²) in [5.74, 6) is 0.587. The Bertz CT molecular complexity index is 539. The Labute approximate surface area is 154 Å². The zero-order valence-corrected chi connectivity index (χ0v) is 16.2. The van der Waals surface area contributed by atoms with Crippen LogP contribution in [0.25, 0.3) is 0 Å². The third-order valence-electron chi connectivity index (χ3n) is 5.62. The number of rotatable bonds is 7. The Morgan fingerprint density at radius 2 is 2.24 bits per heavy atom. The van der Waals surface area contributed by atoms with Crippen molar-refractivity contribution in [3.05, 3.63) is 22.4 Å². The summed E-state index contributed by atoms with van der Waals surface area (Å²) < 4.78 is 11.8. The molecule has 2 fully saturated rings. The van der Waals surface area contributed by atoms with Gasteiger partial charge in [0.2, 0.25) is 5.91 Å². The van der Waals surface area contributed by atoms with E-state index in [0.29, 0.717) is 12.5 Å². The van der Waals surface area contributed by atoms with Gasteiger partial charge in [-0.25, -0.2) is 0 Å². The number of hydrogen-bond acceptors (Lipinski definition) is 5. The molecule has 6 heteroatoms. The minimum Gasteiger partial charge on any atom is -0.375 e. The number of piperidine rings is 1. The van der Waals surface area contributed by atoms with Crippen LogP contribution in [-0.4, -0.2) is 68.3 Å². The van der Waals surface area contributed by atoms with E-state index in [1.165, 1.54) is 5.56 Å². The zero-order valence-electron chi connectivity index (χ0n) is 15.4. The highest BCUT2D eigenvalue weighted by atomic mass is 32.1. The molecule has 1 spiro atoms. The lowest BCUT2D eigenvalue weighted by molar-refractivity contribution is -0.133. The molecule has 5 nitrogen and oxygen atoms in total. The summed E-state index contributed by atoms with van der Waals surface area (Å²) in [7, 11) is 3.52. The van der Waals surface area contributed by atoms with Crippen LogP contribution in [0.15, 0.2) is 16.8 Å². The molecule has 0 unspecified atom stereocenters. The molecule has 0 aliphatic carbocycles. The standard InChI is InChI=1S/C19H30N2O3S/c1-20(2)18(22)14-23-10-3-17-4-11-24-19(17)6-8-21(9-7-19)13-16-5-12-25-15-16/h5,12,15,17H,3-4,6-11,13-14H2,1-2H3/t17-/m1/s1. The molecule has 1 atom stereocenters.